The normalized spacial score (nSPS) is 10.4. The molecule has 6 heteroatoms. The van der Waals surface area contributed by atoms with Gasteiger partial charge in [0.15, 0.2) is 0 Å². The maximum Gasteiger partial charge on any atom is 0.270 e. The van der Waals surface area contributed by atoms with Crippen molar-refractivity contribution >= 4 is 11.9 Å². The van der Waals surface area contributed by atoms with Gasteiger partial charge in [-0.15, -0.1) is 0 Å². The van der Waals surface area contributed by atoms with Crippen molar-refractivity contribution in [3.63, 3.8) is 0 Å². The molecule has 27 heavy (non-hydrogen) atoms. The quantitative estimate of drug-likeness (QED) is 0.700. The molecule has 0 radical (unpaired) electrons. The molecule has 3 rings (SSSR count). The maximum atomic E-state index is 12.5. The van der Waals surface area contributed by atoms with E-state index in [1.807, 2.05) is 43.3 Å². The number of carbonyl (C=O) groups is 1. The van der Waals surface area contributed by atoms with Crippen LogP contribution in [-0.4, -0.2) is 27.4 Å². The van der Waals surface area contributed by atoms with Gasteiger partial charge in [0.1, 0.15) is 5.69 Å². The van der Waals surface area contributed by atoms with Gasteiger partial charge < -0.3 is 10.2 Å². The molecule has 0 saturated carbocycles. The van der Waals surface area contributed by atoms with Crippen LogP contribution in [0.2, 0.25) is 0 Å². The third-order valence-corrected chi connectivity index (χ3v) is 4.11. The van der Waals surface area contributed by atoms with Crippen molar-refractivity contribution in [1.82, 2.24) is 20.3 Å². The maximum absolute atomic E-state index is 12.5. The molecule has 0 spiro atoms. The van der Waals surface area contributed by atoms with E-state index in [0.717, 1.165) is 17.9 Å². The minimum Gasteiger partial charge on any atom is -0.345 e. The number of aryl methyl sites for hydroxylation is 1. The highest BCUT2D eigenvalue weighted by atomic mass is 16.1. The van der Waals surface area contributed by atoms with Gasteiger partial charge in [-0.2, -0.15) is 0 Å². The summed E-state index contributed by atoms with van der Waals surface area (Å²) in [7, 11) is 0. The Morgan fingerprint density at radius 2 is 1.85 bits per heavy atom. The Hall–Kier alpha value is -3.28. The number of anilines is 1. The smallest absolute Gasteiger partial charge is 0.270 e. The molecule has 0 bridgehead atoms. The van der Waals surface area contributed by atoms with Crippen LogP contribution in [0.15, 0.2) is 60.8 Å². The summed E-state index contributed by atoms with van der Waals surface area (Å²) in [5, 5.41) is 2.87. The third kappa shape index (κ3) is 5.10. The topological polar surface area (TPSA) is 71.0 Å². The first-order chi connectivity index (χ1) is 13.2. The zero-order chi connectivity index (χ0) is 19.1. The average Bonchev–Trinajstić information content (AvgIpc) is 2.71. The summed E-state index contributed by atoms with van der Waals surface area (Å²) < 4.78 is 0. The van der Waals surface area contributed by atoms with Crippen molar-refractivity contribution in [2.24, 2.45) is 0 Å². The number of nitrogens with one attached hydrogen (secondary N) is 1. The molecular weight excluding hydrogens is 338 g/mol. The molecule has 0 atom stereocenters. The number of hydrogen-bond donors (Lipinski definition) is 1. The van der Waals surface area contributed by atoms with Crippen molar-refractivity contribution in [3.8, 4) is 0 Å². The summed E-state index contributed by atoms with van der Waals surface area (Å²) in [4.78, 5) is 27.8. The van der Waals surface area contributed by atoms with E-state index in [-0.39, 0.29) is 5.91 Å². The molecule has 6 nitrogen and oxygen atoms in total. The lowest BCUT2D eigenvalue weighted by Crippen LogP contribution is -2.28. The van der Waals surface area contributed by atoms with Gasteiger partial charge in [0.25, 0.3) is 5.91 Å². The van der Waals surface area contributed by atoms with E-state index in [4.69, 9.17) is 0 Å². The van der Waals surface area contributed by atoms with Crippen LogP contribution in [-0.2, 0) is 13.1 Å². The van der Waals surface area contributed by atoms with Crippen molar-refractivity contribution in [1.29, 1.82) is 0 Å². The second kappa shape index (κ2) is 8.89. The Kier molecular flexibility index (Phi) is 6.10. The summed E-state index contributed by atoms with van der Waals surface area (Å²) >= 11 is 0. The molecule has 1 amide bonds. The Morgan fingerprint density at radius 1 is 1.07 bits per heavy atom. The van der Waals surface area contributed by atoms with E-state index < -0.39 is 0 Å². The first kappa shape index (κ1) is 18.5. The SMILES string of the molecule is CCN(Cc1ccccc1)c1nc(C)cc(C(=O)NCc2ccccn2)n1. The molecule has 0 saturated heterocycles. The van der Waals surface area contributed by atoms with E-state index in [0.29, 0.717) is 24.7 Å². The molecule has 0 aliphatic carbocycles. The van der Waals surface area contributed by atoms with Gasteiger partial charge in [0, 0.05) is 25.0 Å². The van der Waals surface area contributed by atoms with E-state index in [9.17, 15) is 4.79 Å². The number of aromatic nitrogens is 3. The Labute approximate surface area is 159 Å². The summed E-state index contributed by atoms with van der Waals surface area (Å²) in [5.74, 6) is 0.326. The summed E-state index contributed by atoms with van der Waals surface area (Å²) in [5.41, 5.74) is 3.09. The van der Waals surface area contributed by atoms with Gasteiger partial charge in [-0.3, -0.25) is 9.78 Å². The van der Waals surface area contributed by atoms with Gasteiger partial charge in [0.2, 0.25) is 5.95 Å². The second-order valence-electron chi connectivity index (χ2n) is 6.20. The fourth-order valence-electron chi connectivity index (χ4n) is 2.70. The van der Waals surface area contributed by atoms with E-state index in [1.54, 1.807) is 12.3 Å². The van der Waals surface area contributed by atoms with Crippen LogP contribution in [0.4, 0.5) is 5.95 Å². The lowest BCUT2D eigenvalue weighted by Gasteiger charge is -2.21. The average molecular weight is 361 g/mol. The number of benzene rings is 1. The van der Waals surface area contributed by atoms with Gasteiger partial charge in [-0.05, 0) is 37.6 Å². The van der Waals surface area contributed by atoms with Crippen molar-refractivity contribution in [3.05, 3.63) is 83.4 Å². The molecule has 0 aliphatic heterocycles. The van der Waals surface area contributed by atoms with Crippen LogP contribution in [0, 0.1) is 6.92 Å². The predicted octanol–water partition coefficient (Wildman–Crippen LogP) is 3.14. The van der Waals surface area contributed by atoms with Crippen LogP contribution in [0.3, 0.4) is 0 Å². The Morgan fingerprint density at radius 3 is 2.56 bits per heavy atom. The lowest BCUT2D eigenvalue weighted by atomic mass is 10.2. The highest BCUT2D eigenvalue weighted by molar-refractivity contribution is 5.92. The fourth-order valence-corrected chi connectivity index (χ4v) is 2.70. The molecule has 2 heterocycles. The summed E-state index contributed by atoms with van der Waals surface area (Å²) in [6.07, 6.45) is 1.71. The predicted molar refractivity (Wildman–Crippen MR) is 105 cm³/mol. The number of pyridine rings is 1. The van der Waals surface area contributed by atoms with Crippen LogP contribution < -0.4 is 10.2 Å². The molecular formula is C21H23N5O. The van der Waals surface area contributed by atoms with Crippen LogP contribution in [0.5, 0.6) is 0 Å². The highest BCUT2D eigenvalue weighted by Gasteiger charge is 2.14. The number of amides is 1. The standard InChI is InChI=1S/C21H23N5O/c1-3-26(15-17-9-5-4-6-10-17)21-24-16(2)13-19(25-21)20(27)23-14-18-11-7-8-12-22-18/h4-13H,3,14-15H2,1-2H3,(H,23,27). The van der Waals surface area contributed by atoms with E-state index in [1.165, 1.54) is 5.56 Å². The minimum absolute atomic E-state index is 0.233. The molecule has 1 aromatic carbocycles. The highest BCUT2D eigenvalue weighted by Crippen LogP contribution is 2.14. The van der Waals surface area contributed by atoms with Crippen LogP contribution >= 0.6 is 0 Å². The molecule has 1 N–H and O–H groups in total. The molecule has 2 aromatic heterocycles. The third-order valence-electron chi connectivity index (χ3n) is 4.11. The van der Waals surface area contributed by atoms with Crippen molar-refractivity contribution < 1.29 is 4.79 Å². The molecule has 0 fully saturated rings. The molecule has 0 unspecified atom stereocenters. The monoisotopic (exact) mass is 361 g/mol. The first-order valence-electron chi connectivity index (χ1n) is 8.98. The Balaban J connectivity index is 1.75. The number of carbonyl (C=O) groups excluding carboxylic acids is 1. The van der Waals surface area contributed by atoms with Crippen molar-refractivity contribution in [2.45, 2.75) is 26.9 Å². The second-order valence-corrected chi connectivity index (χ2v) is 6.20. The molecule has 0 aliphatic rings. The fraction of sp³-hybridized carbons (Fsp3) is 0.238. The number of hydrogen-bond acceptors (Lipinski definition) is 5. The molecule has 3 aromatic rings. The molecule has 138 valence electrons. The minimum atomic E-state index is -0.233. The van der Waals surface area contributed by atoms with Gasteiger partial charge in [-0.1, -0.05) is 36.4 Å². The summed E-state index contributed by atoms with van der Waals surface area (Å²) in [6, 6.07) is 17.5. The lowest BCUT2D eigenvalue weighted by molar-refractivity contribution is 0.0945. The van der Waals surface area contributed by atoms with Crippen LogP contribution in [0.25, 0.3) is 0 Å². The zero-order valence-electron chi connectivity index (χ0n) is 15.6. The van der Waals surface area contributed by atoms with Gasteiger partial charge in [-0.25, -0.2) is 9.97 Å². The van der Waals surface area contributed by atoms with Gasteiger partial charge >= 0.3 is 0 Å². The Bertz CT molecular complexity index is 884. The van der Waals surface area contributed by atoms with Gasteiger partial charge in [0.05, 0.1) is 12.2 Å². The number of nitrogens with zero attached hydrogens (tertiary/aromatic N) is 4. The van der Waals surface area contributed by atoms with E-state index in [2.05, 4.69) is 44.2 Å². The largest absolute Gasteiger partial charge is 0.345 e. The first-order valence-corrected chi connectivity index (χ1v) is 8.98. The van der Waals surface area contributed by atoms with Crippen molar-refractivity contribution in [2.75, 3.05) is 11.4 Å². The van der Waals surface area contributed by atoms with E-state index >= 15 is 0 Å². The number of rotatable bonds is 7. The van der Waals surface area contributed by atoms with Crippen LogP contribution in [0.1, 0.15) is 34.4 Å². The summed E-state index contributed by atoms with van der Waals surface area (Å²) in [6.45, 7) is 5.72. The zero-order valence-corrected chi connectivity index (χ0v) is 15.6.